The van der Waals surface area contributed by atoms with Crippen molar-refractivity contribution in [2.75, 3.05) is 0 Å². The van der Waals surface area contributed by atoms with Crippen molar-refractivity contribution < 1.29 is 9.90 Å². The number of aromatic nitrogens is 2. The van der Waals surface area contributed by atoms with E-state index in [2.05, 4.69) is 9.97 Å². The van der Waals surface area contributed by atoms with Crippen molar-refractivity contribution in [1.29, 1.82) is 0 Å². The van der Waals surface area contributed by atoms with Gasteiger partial charge in [-0.3, -0.25) is 0 Å². The molecule has 1 N–H and O–H groups in total. The van der Waals surface area contributed by atoms with E-state index in [0.29, 0.717) is 5.03 Å². The van der Waals surface area contributed by atoms with Crippen LogP contribution in [0, 0.1) is 0 Å². The van der Waals surface area contributed by atoms with Gasteiger partial charge in [0.1, 0.15) is 10.1 Å². The Morgan fingerprint density at radius 1 is 1.05 bits per heavy atom. The minimum absolute atomic E-state index is 0.225. The number of benzene rings is 1. The zero-order chi connectivity index (χ0) is 13.9. The number of rotatable bonds is 3. The summed E-state index contributed by atoms with van der Waals surface area (Å²) in [5, 5.41) is 12.6. The van der Waals surface area contributed by atoms with Crippen LogP contribution in [0.3, 0.4) is 0 Å². The Kier molecular flexibility index (Phi) is 3.35. The van der Waals surface area contributed by atoms with Gasteiger partial charge in [-0.25, -0.2) is 14.8 Å². The normalized spacial score (nSPS) is 10.6. The molecule has 0 aliphatic carbocycles. The van der Waals surface area contributed by atoms with Crippen LogP contribution in [0.4, 0.5) is 0 Å². The third-order valence-corrected chi connectivity index (χ3v) is 3.77. The molecule has 0 amide bonds. The lowest BCUT2D eigenvalue weighted by molar-refractivity contribution is 0.0696. The Morgan fingerprint density at radius 2 is 1.85 bits per heavy atom. The average Bonchev–Trinajstić information content (AvgIpc) is 2.48. The third kappa shape index (κ3) is 2.48. The summed E-state index contributed by atoms with van der Waals surface area (Å²) >= 11 is 1.36. The summed E-state index contributed by atoms with van der Waals surface area (Å²) in [5.74, 6) is -0.958. The minimum Gasteiger partial charge on any atom is -0.478 e. The van der Waals surface area contributed by atoms with Gasteiger partial charge in [-0.2, -0.15) is 0 Å². The Labute approximate surface area is 119 Å². The molecule has 0 unspecified atom stereocenters. The summed E-state index contributed by atoms with van der Waals surface area (Å²) in [6.45, 7) is 0. The van der Waals surface area contributed by atoms with Crippen LogP contribution in [0.15, 0.2) is 64.9 Å². The Hall–Kier alpha value is -2.40. The first-order chi connectivity index (χ1) is 9.74. The molecule has 0 atom stereocenters. The fraction of sp³-hybridized carbons (Fsp3) is 0. The topological polar surface area (TPSA) is 63.1 Å². The number of fused-ring (bicyclic) bond motifs is 1. The quantitative estimate of drug-likeness (QED) is 0.796. The number of hydrogen-bond acceptors (Lipinski definition) is 4. The van der Waals surface area contributed by atoms with Gasteiger partial charge in [0.05, 0.1) is 5.56 Å². The molecule has 0 spiro atoms. The predicted octanol–water partition coefficient (Wildman–Crippen LogP) is 3.48. The van der Waals surface area contributed by atoms with E-state index >= 15 is 0 Å². The minimum atomic E-state index is -0.958. The number of pyridine rings is 2. The average molecular weight is 282 g/mol. The summed E-state index contributed by atoms with van der Waals surface area (Å²) < 4.78 is 0. The highest BCUT2D eigenvalue weighted by Crippen LogP contribution is 2.30. The monoisotopic (exact) mass is 282 g/mol. The molecular weight excluding hydrogens is 272 g/mol. The molecule has 0 aliphatic rings. The van der Waals surface area contributed by atoms with Crippen molar-refractivity contribution in [3.8, 4) is 0 Å². The zero-order valence-electron chi connectivity index (χ0n) is 10.4. The van der Waals surface area contributed by atoms with Crippen molar-refractivity contribution in [3.05, 3.63) is 60.4 Å². The van der Waals surface area contributed by atoms with E-state index in [-0.39, 0.29) is 5.56 Å². The molecule has 3 aromatic rings. The van der Waals surface area contributed by atoms with Gasteiger partial charge in [0, 0.05) is 17.8 Å². The molecule has 0 aliphatic heterocycles. The second-order valence-corrected chi connectivity index (χ2v) is 5.14. The molecule has 5 heteroatoms. The first kappa shape index (κ1) is 12.6. The molecule has 3 rings (SSSR count). The molecular formula is C15H10N2O2S. The maximum Gasteiger partial charge on any atom is 0.335 e. The smallest absolute Gasteiger partial charge is 0.335 e. The van der Waals surface area contributed by atoms with E-state index in [0.717, 1.165) is 15.8 Å². The fourth-order valence-corrected chi connectivity index (χ4v) is 2.78. The number of carboxylic acid groups (broad SMARTS) is 1. The van der Waals surface area contributed by atoms with Gasteiger partial charge in [0.25, 0.3) is 0 Å². The Bertz CT molecular complexity index is 784. The third-order valence-electron chi connectivity index (χ3n) is 2.82. The molecule has 0 saturated carbocycles. The largest absolute Gasteiger partial charge is 0.478 e. The molecule has 98 valence electrons. The molecule has 2 aromatic heterocycles. The van der Waals surface area contributed by atoms with Gasteiger partial charge < -0.3 is 5.11 Å². The highest BCUT2D eigenvalue weighted by molar-refractivity contribution is 7.99. The predicted molar refractivity (Wildman–Crippen MR) is 77.1 cm³/mol. The van der Waals surface area contributed by atoms with Crippen LogP contribution in [-0.4, -0.2) is 21.0 Å². The van der Waals surface area contributed by atoms with Crippen molar-refractivity contribution in [3.63, 3.8) is 0 Å². The first-order valence-corrected chi connectivity index (χ1v) is 6.76. The zero-order valence-corrected chi connectivity index (χ0v) is 11.2. The number of carboxylic acids is 1. The van der Waals surface area contributed by atoms with Gasteiger partial charge in [0.2, 0.25) is 0 Å². The first-order valence-electron chi connectivity index (χ1n) is 5.95. The molecule has 2 heterocycles. The molecule has 0 bridgehead atoms. The highest BCUT2D eigenvalue weighted by atomic mass is 32.2. The lowest BCUT2D eigenvalue weighted by Gasteiger charge is -2.05. The van der Waals surface area contributed by atoms with Crippen LogP contribution >= 0.6 is 11.8 Å². The van der Waals surface area contributed by atoms with E-state index < -0.39 is 5.97 Å². The van der Waals surface area contributed by atoms with Crippen LogP contribution in [0.25, 0.3) is 10.8 Å². The second-order valence-electron chi connectivity index (χ2n) is 4.13. The van der Waals surface area contributed by atoms with Gasteiger partial charge >= 0.3 is 5.97 Å². The van der Waals surface area contributed by atoms with Crippen LogP contribution in [0.1, 0.15) is 10.4 Å². The molecule has 0 radical (unpaired) electrons. The number of aromatic carboxylic acids is 1. The van der Waals surface area contributed by atoms with Crippen LogP contribution in [-0.2, 0) is 0 Å². The van der Waals surface area contributed by atoms with Crippen molar-refractivity contribution >= 4 is 28.5 Å². The summed E-state index contributed by atoms with van der Waals surface area (Å²) in [4.78, 5) is 19.5. The number of hydrogen-bond donors (Lipinski definition) is 1. The summed E-state index contributed by atoms with van der Waals surface area (Å²) in [7, 11) is 0. The van der Waals surface area contributed by atoms with Crippen molar-refractivity contribution in [1.82, 2.24) is 9.97 Å². The van der Waals surface area contributed by atoms with E-state index in [1.165, 1.54) is 24.0 Å². The highest BCUT2D eigenvalue weighted by Gasteiger charge is 2.08. The fourth-order valence-electron chi connectivity index (χ4n) is 1.87. The summed E-state index contributed by atoms with van der Waals surface area (Å²) in [6.07, 6.45) is 3.24. The summed E-state index contributed by atoms with van der Waals surface area (Å²) in [5.41, 5.74) is 0.225. The van der Waals surface area contributed by atoms with Crippen LogP contribution < -0.4 is 0 Å². The van der Waals surface area contributed by atoms with E-state index in [4.69, 9.17) is 5.11 Å². The Morgan fingerprint density at radius 3 is 2.70 bits per heavy atom. The van der Waals surface area contributed by atoms with Crippen molar-refractivity contribution in [2.45, 2.75) is 10.1 Å². The van der Waals surface area contributed by atoms with Crippen molar-refractivity contribution in [2.24, 2.45) is 0 Å². The van der Waals surface area contributed by atoms with Gasteiger partial charge in [-0.1, -0.05) is 24.3 Å². The van der Waals surface area contributed by atoms with Gasteiger partial charge in [-0.05, 0) is 35.3 Å². The van der Waals surface area contributed by atoms with E-state index in [1.807, 2.05) is 30.3 Å². The maximum atomic E-state index is 11.0. The standard InChI is InChI=1S/C15H10N2O2S/c18-15(19)11-6-7-16-13(9-11)20-14-12-4-2-1-3-10(12)5-8-17-14/h1-9H,(H,18,19). The maximum absolute atomic E-state index is 11.0. The molecule has 0 fully saturated rings. The summed E-state index contributed by atoms with van der Waals surface area (Å²) in [6, 6.07) is 12.9. The lowest BCUT2D eigenvalue weighted by atomic mass is 10.2. The molecule has 4 nitrogen and oxygen atoms in total. The van der Waals surface area contributed by atoms with Gasteiger partial charge in [-0.15, -0.1) is 0 Å². The number of carbonyl (C=O) groups is 1. The molecule has 1 aromatic carbocycles. The SMILES string of the molecule is O=C(O)c1ccnc(Sc2nccc3ccccc23)c1. The van der Waals surface area contributed by atoms with Crippen LogP contribution in [0.5, 0.6) is 0 Å². The second kappa shape index (κ2) is 5.30. The number of nitrogens with zero attached hydrogens (tertiary/aromatic N) is 2. The Balaban J connectivity index is 2.01. The lowest BCUT2D eigenvalue weighted by Crippen LogP contribution is -1.96. The van der Waals surface area contributed by atoms with Gasteiger partial charge in [0.15, 0.2) is 0 Å². The van der Waals surface area contributed by atoms with Crippen LogP contribution in [0.2, 0.25) is 0 Å². The van der Waals surface area contributed by atoms with E-state index in [1.54, 1.807) is 12.3 Å². The molecule has 20 heavy (non-hydrogen) atoms. The van der Waals surface area contributed by atoms with E-state index in [9.17, 15) is 4.79 Å². The molecule has 0 saturated heterocycles.